The second-order valence-corrected chi connectivity index (χ2v) is 5.27. The molecule has 0 bridgehead atoms. The number of nitrogens with two attached hydrogens (primary N) is 1. The van der Waals surface area contributed by atoms with Crippen molar-refractivity contribution in [2.45, 2.75) is 52.2 Å². The van der Waals surface area contributed by atoms with Crippen LogP contribution in [0.4, 0.5) is 0 Å². The van der Waals surface area contributed by atoms with E-state index in [0.29, 0.717) is 13.0 Å². The molecule has 1 amide bonds. The fraction of sp³-hybridized carbons (Fsp3) is 0.562. The molecule has 1 rings (SSSR count). The highest BCUT2D eigenvalue weighted by atomic mass is 16.5. The summed E-state index contributed by atoms with van der Waals surface area (Å²) >= 11 is 0. The number of benzene rings is 1. The van der Waals surface area contributed by atoms with Crippen molar-refractivity contribution >= 4 is 5.91 Å². The minimum Gasteiger partial charge on any atom is -0.491 e. The van der Waals surface area contributed by atoms with Crippen molar-refractivity contribution in [3.63, 3.8) is 0 Å². The van der Waals surface area contributed by atoms with Gasteiger partial charge in [0.1, 0.15) is 5.75 Å². The highest BCUT2D eigenvalue weighted by Gasteiger charge is 2.10. The number of amides is 1. The molecule has 0 spiro atoms. The standard InChI is InChI=1S/C16H26N2O2/c1-12(2)20-15-8-6-7-14(11-15)13(3)18-16(19)9-4-5-10-17/h6-8,11-13H,4-5,9-10,17H2,1-3H3,(H,18,19). The molecule has 0 saturated heterocycles. The number of nitrogens with one attached hydrogen (secondary N) is 1. The third kappa shape index (κ3) is 6.06. The molecular weight excluding hydrogens is 252 g/mol. The fourth-order valence-corrected chi connectivity index (χ4v) is 1.96. The quantitative estimate of drug-likeness (QED) is 0.719. The Morgan fingerprint density at radius 2 is 2.05 bits per heavy atom. The lowest BCUT2D eigenvalue weighted by Crippen LogP contribution is -2.26. The van der Waals surface area contributed by atoms with Crippen molar-refractivity contribution in [2.75, 3.05) is 6.54 Å². The van der Waals surface area contributed by atoms with Crippen LogP contribution in [-0.4, -0.2) is 18.6 Å². The predicted octanol–water partition coefficient (Wildman–Crippen LogP) is 2.78. The van der Waals surface area contributed by atoms with Crippen LogP contribution in [0, 0.1) is 0 Å². The Balaban J connectivity index is 2.54. The van der Waals surface area contributed by atoms with Gasteiger partial charge in [-0.2, -0.15) is 0 Å². The molecule has 20 heavy (non-hydrogen) atoms. The van der Waals surface area contributed by atoms with Gasteiger partial charge in [0.25, 0.3) is 0 Å². The van der Waals surface area contributed by atoms with E-state index in [2.05, 4.69) is 5.32 Å². The van der Waals surface area contributed by atoms with Crippen LogP contribution in [-0.2, 0) is 4.79 Å². The Morgan fingerprint density at radius 1 is 1.30 bits per heavy atom. The first kappa shape index (κ1) is 16.5. The van der Waals surface area contributed by atoms with Crippen molar-refractivity contribution in [1.82, 2.24) is 5.32 Å². The van der Waals surface area contributed by atoms with Gasteiger partial charge in [0.15, 0.2) is 0 Å². The van der Waals surface area contributed by atoms with Gasteiger partial charge in [-0.1, -0.05) is 12.1 Å². The molecule has 0 heterocycles. The van der Waals surface area contributed by atoms with E-state index in [-0.39, 0.29) is 18.1 Å². The first-order chi connectivity index (χ1) is 9.52. The van der Waals surface area contributed by atoms with Gasteiger partial charge in [-0.25, -0.2) is 0 Å². The summed E-state index contributed by atoms with van der Waals surface area (Å²) in [5, 5.41) is 3.00. The Kier molecular flexibility index (Phi) is 7.09. The van der Waals surface area contributed by atoms with Gasteiger partial charge in [-0.3, -0.25) is 4.79 Å². The van der Waals surface area contributed by atoms with Gasteiger partial charge in [-0.15, -0.1) is 0 Å². The highest BCUT2D eigenvalue weighted by Crippen LogP contribution is 2.20. The van der Waals surface area contributed by atoms with Crippen molar-refractivity contribution < 1.29 is 9.53 Å². The average molecular weight is 278 g/mol. The topological polar surface area (TPSA) is 64.3 Å². The van der Waals surface area contributed by atoms with Crippen LogP contribution in [0.25, 0.3) is 0 Å². The third-order valence-corrected chi connectivity index (χ3v) is 2.97. The van der Waals surface area contributed by atoms with E-state index >= 15 is 0 Å². The molecule has 0 aromatic heterocycles. The lowest BCUT2D eigenvalue weighted by Gasteiger charge is -2.16. The molecule has 0 aliphatic rings. The molecule has 0 aliphatic heterocycles. The van der Waals surface area contributed by atoms with Gasteiger partial charge in [0.2, 0.25) is 5.91 Å². The zero-order valence-electron chi connectivity index (χ0n) is 12.7. The Labute approximate surface area is 121 Å². The van der Waals surface area contributed by atoms with E-state index in [1.54, 1.807) is 0 Å². The van der Waals surface area contributed by atoms with E-state index in [0.717, 1.165) is 24.2 Å². The maximum atomic E-state index is 11.8. The smallest absolute Gasteiger partial charge is 0.220 e. The lowest BCUT2D eigenvalue weighted by atomic mass is 10.1. The summed E-state index contributed by atoms with van der Waals surface area (Å²) < 4.78 is 5.66. The molecule has 0 radical (unpaired) electrons. The minimum absolute atomic E-state index is 0.0175. The molecule has 1 atom stereocenters. The van der Waals surface area contributed by atoms with Gasteiger partial charge >= 0.3 is 0 Å². The number of ether oxygens (including phenoxy) is 1. The molecule has 1 aromatic carbocycles. The lowest BCUT2D eigenvalue weighted by molar-refractivity contribution is -0.121. The molecule has 0 aliphatic carbocycles. The van der Waals surface area contributed by atoms with Crippen molar-refractivity contribution in [1.29, 1.82) is 0 Å². The van der Waals surface area contributed by atoms with Gasteiger partial charge in [-0.05, 0) is 57.9 Å². The maximum absolute atomic E-state index is 11.8. The summed E-state index contributed by atoms with van der Waals surface area (Å²) in [5.74, 6) is 0.905. The Morgan fingerprint density at radius 3 is 2.70 bits per heavy atom. The average Bonchev–Trinajstić information content (AvgIpc) is 2.38. The van der Waals surface area contributed by atoms with E-state index in [1.165, 1.54) is 0 Å². The molecule has 4 nitrogen and oxygen atoms in total. The van der Waals surface area contributed by atoms with Crippen LogP contribution in [0.5, 0.6) is 5.75 Å². The zero-order valence-corrected chi connectivity index (χ0v) is 12.7. The van der Waals surface area contributed by atoms with Crippen molar-refractivity contribution in [3.8, 4) is 5.75 Å². The van der Waals surface area contributed by atoms with Crippen molar-refractivity contribution in [2.24, 2.45) is 5.73 Å². The Bertz CT molecular complexity index is 419. The van der Waals surface area contributed by atoms with E-state index in [4.69, 9.17) is 10.5 Å². The number of unbranched alkanes of at least 4 members (excludes halogenated alkanes) is 1. The molecular formula is C16H26N2O2. The minimum atomic E-state index is -0.0175. The fourth-order valence-electron chi connectivity index (χ4n) is 1.96. The van der Waals surface area contributed by atoms with Crippen LogP contribution >= 0.6 is 0 Å². The zero-order chi connectivity index (χ0) is 15.0. The first-order valence-corrected chi connectivity index (χ1v) is 7.29. The molecule has 1 unspecified atom stereocenters. The van der Waals surface area contributed by atoms with Crippen LogP contribution in [0.2, 0.25) is 0 Å². The molecule has 0 fully saturated rings. The number of carbonyl (C=O) groups excluding carboxylic acids is 1. The summed E-state index contributed by atoms with van der Waals surface area (Å²) in [4.78, 5) is 11.8. The van der Waals surface area contributed by atoms with E-state index in [9.17, 15) is 4.79 Å². The summed E-state index contributed by atoms with van der Waals surface area (Å²) in [6.45, 7) is 6.61. The first-order valence-electron chi connectivity index (χ1n) is 7.29. The number of hydrogen-bond donors (Lipinski definition) is 2. The molecule has 1 aromatic rings. The largest absolute Gasteiger partial charge is 0.491 e. The van der Waals surface area contributed by atoms with Crippen LogP contribution < -0.4 is 15.8 Å². The number of rotatable bonds is 8. The van der Waals surface area contributed by atoms with Crippen LogP contribution in [0.3, 0.4) is 0 Å². The maximum Gasteiger partial charge on any atom is 0.220 e. The highest BCUT2D eigenvalue weighted by molar-refractivity contribution is 5.76. The normalized spacial score (nSPS) is 12.2. The van der Waals surface area contributed by atoms with E-state index in [1.807, 2.05) is 45.0 Å². The van der Waals surface area contributed by atoms with E-state index < -0.39 is 0 Å². The van der Waals surface area contributed by atoms with Gasteiger partial charge in [0.05, 0.1) is 12.1 Å². The van der Waals surface area contributed by atoms with Crippen LogP contribution in [0.1, 0.15) is 51.6 Å². The molecule has 4 heteroatoms. The molecule has 0 saturated carbocycles. The van der Waals surface area contributed by atoms with Gasteiger partial charge in [0, 0.05) is 6.42 Å². The van der Waals surface area contributed by atoms with Crippen molar-refractivity contribution in [3.05, 3.63) is 29.8 Å². The monoisotopic (exact) mass is 278 g/mol. The second-order valence-electron chi connectivity index (χ2n) is 5.27. The molecule has 112 valence electrons. The molecule has 3 N–H and O–H groups in total. The number of hydrogen-bond acceptors (Lipinski definition) is 3. The summed E-state index contributed by atoms with van der Waals surface area (Å²) in [7, 11) is 0. The summed E-state index contributed by atoms with van der Waals surface area (Å²) in [6, 6.07) is 7.84. The Hall–Kier alpha value is -1.55. The number of carbonyl (C=O) groups is 1. The predicted molar refractivity (Wildman–Crippen MR) is 81.7 cm³/mol. The third-order valence-electron chi connectivity index (χ3n) is 2.97. The SMILES string of the molecule is CC(C)Oc1cccc(C(C)NC(=O)CCCCN)c1. The summed E-state index contributed by atoms with van der Waals surface area (Å²) in [5.41, 5.74) is 6.47. The van der Waals surface area contributed by atoms with Gasteiger partial charge < -0.3 is 15.8 Å². The second kappa shape index (κ2) is 8.59. The summed E-state index contributed by atoms with van der Waals surface area (Å²) in [6.07, 6.45) is 2.40. The van der Waals surface area contributed by atoms with Crippen LogP contribution in [0.15, 0.2) is 24.3 Å².